The van der Waals surface area contributed by atoms with Crippen LogP contribution in [0.5, 0.6) is 0 Å². The van der Waals surface area contributed by atoms with Crippen LogP contribution in [0.4, 0.5) is 5.69 Å². The number of pyridine rings is 1. The van der Waals surface area contributed by atoms with E-state index >= 15 is 0 Å². The van der Waals surface area contributed by atoms with Crippen molar-refractivity contribution >= 4 is 5.69 Å². The van der Waals surface area contributed by atoms with E-state index in [9.17, 15) is 0 Å². The third kappa shape index (κ3) is 2.29. The molecule has 0 amide bonds. The topological polar surface area (TPSA) is 28.2 Å². The van der Waals surface area contributed by atoms with Gasteiger partial charge >= 0.3 is 0 Å². The van der Waals surface area contributed by atoms with Gasteiger partial charge in [0, 0.05) is 24.8 Å². The Morgan fingerprint density at radius 2 is 2.12 bits per heavy atom. The van der Waals surface area contributed by atoms with Crippen LogP contribution in [0.1, 0.15) is 25.0 Å². The van der Waals surface area contributed by atoms with Gasteiger partial charge in [0.15, 0.2) is 0 Å². The fraction of sp³-hybridized carbons (Fsp3) is 0.643. The van der Waals surface area contributed by atoms with E-state index in [1.54, 1.807) is 0 Å². The van der Waals surface area contributed by atoms with Crippen molar-refractivity contribution in [2.45, 2.75) is 32.2 Å². The maximum Gasteiger partial charge on any atom is 0.0552 e. The molecule has 1 N–H and O–H groups in total. The quantitative estimate of drug-likeness (QED) is 0.801. The van der Waals surface area contributed by atoms with E-state index in [2.05, 4.69) is 27.3 Å². The van der Waals surface area contributed by atoms with Gasteiger partial charge in [-0.15, -0.1) is 0 Å². The molecular formula is C14H21N3. The molecule has 2 aliphatic rings. The molecule has 0 radical (unpaired) electrons. The number of aromatic nitrogens is 1. The Balaban J connectivity index is 1.70. The van der Waals surface area contributed by atoms with Crippen LogP contribution in [-0.2, 0) is 0 Å². The van der Waals surface area contributed by atoms with Crippen molar-refractivity contribution in [3.8, 4) is 0 Å². The largest absolute Gasteiger partial charge is 0.370 e. The monoisotopic (exact) mass is 231 g/mol. The molecule has 0 aromatic carbocycles. The van der Waals surface area contributed by atoms with E-state index in [0.717, 1.165) is 17.7 Å². The van der Waals surface area contributed by atoms with Crippen molar-refractivity contribution in [2.24, 2.45) is 5.92 Å². The van der Waals surface area contributed by atoms with Crippen LogP contribution in [-0.4, -0.2) is 30.7 Å². The lowest BCUT2D eigenvalue weighted by atomic mass is 9.96. The molecule has 2 saturated heterocycles. The van der Waals surface area contributed by atoms with E-state index in [1.807, 2.05) is 13.1 Å². The van der Waals surface area contributed by atoms with E-state index in [1.165, 1.54) is 44.6 Å². The number of nitrogens with zero attached hydrogens (tertiary/aromatic N) is 2. The van der Waals surface area contributed by atoms with Gasteiger partial charge in [0.25, 0.3) is 0 Å². The first-order chi connectivity index (χ1) is 8.33. The average Bonchev–Trinajstić information content (AvgIpc) is 2.70. The predicted molar refractivity (Wildman–Crippen MR) is 70.3 cm³/mol. The van der Waals surface area contributed by atoms with E-state index < -0.39 is 0 Å². The molecule has 3 heterocycles. The van der Waals surface area contributed by atoms with Crippen molar-refractivity contribution in [3.05, 3.63) is 24.0 Å². The average molecular weight is 231 g/mol. The first kappa shape index (κ1) is 11.0. The van der Waals surface area contributed by atoms with E-state index in [0.29, 0.717) is 0 Å². The predicted octanol–water partition coefficient (Wildman–Crippen LogP) is 1.97. The Hall–Kier alpha value is -1.09. The van der Waals surface area contributed by atoms with Gasteiger partial charge in [-0.25, -0.2) is 0 Å². The smallest absolute Gasteiger partial charge is 0.0552 e. The van der Waals surface area contributed by atoms with Crippen LogP contribution in [0.15, 0.2) is 18.3 Å². The normalized spacial score (nSPS) is 28.9. The summed E-state index contributed by atoms with van der Waals surface area (Å²) in [6.07, 6.45) is 5.98. The summed E-state index contributed by atoms with van der Waals surface area (Å²) < 4.78 is 0. The van der Waals surface area contributed by atoms with Crippen LogP contribution < -0.4 is 10.2 Å². The molecular weight excluding hydrogens is 210 g/mol. The highest BCUT2D eigenvalue weighted by atomic mass is 15.1. The summed E-state index contributed by atoms with van der Waals surface area (Å²) in [6, 6.07) is 5.08. The van der Waals surface area contributed by atoms with Crippen molar-refractivity contribution in [1.29, 1.82) is 0 Å². The minimum atomic E-state index is 0.762. The molecule has 2 fully saturated rings. The second kappa shape index (κ2) is 4.65. The fourth-order valence-corrected chi connectivity index (χ4v) is 3.14. The van der Waals surface area contributed by atoms with Crippen molar-refractivity contribution in [3.63, 3.8) is 0 Å². The maximum absolute atomic E-state index is 4.40. The summed E-state index contributed by atoms with van der Waals surface area (Å²) in [5, 5.41) is 3.64. The first-order valence-corrected chi connectivity index (χ1v) is 6.74. The molecule has 1 aromatic heterocycles. The van der Waals surface area contributed by atoms with Gasteiger partial charge in [-0.2, -0.15) is 0 Å². The van der Waals surface area contributed by atoms with Crippen LogP contribution in [0.2, 0.25) is 0 Å². The Morgan fingerprint density at radius 3 is 2.94 bits per heavy atom. The molecule has 92 valence electrons. The molecule has 3 nitrogen and oxygen atoms in total. The lowest BCUT2D eigenvalue weighted by Crippen LogP contribution is -2.28. The minimum absolute atomic E-state index is 0.762. The Kier molecular flexibility index (Phi) is 3.02. The van der Waals surface area contributed by atoms with Crippen molar-refractivity contribution in [2.75, 3.05) is 24.5 Å². The third-order valence-corrected chi connectivity index (χ3v) is 4.23. The standard InChI is InChI=1S/C14H21N3/c1-11-2-3-13(10-16-11)17-8-5-12-4-7-15-14(12)6-9-17/h2-3,10,12,14-15H,4-9H2,1H3/t12-,14+/m0/s1. The summed E-state index contributed by atoms with van der Waals surface area (Å²) in [7, 11) is 0. The number of rotatable bonds is 1. The molecule has 3 heteroatoms. The van der Waals surface area contributed by atoms with Gasteiger partial charge < -0.3 is 10.2 Å². The zero-order valence-electron chi connectivity index (χ0n) is 10.5. The van der Waals surface area contributed by atoms with Crippen molar-refractivity contribution < 1.29 is 0 Å². The summed E-state index contributed by atoms with van der Waals surface area (Å²) in [4.78, 5) is 6.89. The number of fused-ring (bicyclic) bond motifs is 1. The van der Waals surface area contributed by atoms with Crippen molar-refractivity contribution in [1.82, 2.24) is 10.3 Å². The number of hydrogen-bond donors (Lipinski definition) is 1. The maximum atomic E-state index is 4.40. The van der Waals surface area contributed by atoms with E-state index in [4.69, 9.17) is 0 Å². The number of hydrogen-bond acceptors (Lipinski definition) is 3. The van der Waals surface area contributed by atoms with Gasteiger partial charge in [-0.05, 0) is 50.8 Å². The highest BCUT2D eigenvalue weighted by molar-refractivity contribution is 5.44. The molecule has 0 spiro atoms. The second-order valence-corrected chi connectivity index (χ2v) is 5.33. The van der Waals surface area contributed by atoms with Crippen LogP contribution in [0.25, 0.3) is 0 Å². The Labute approximate surface area is 103 Å². The van der Waals surface area contributed by atoms with E-state index in [-0.39, 0.29) is 0 Å². The third-order valence-electron chi connectivity index (χ3n) is 4.23. The summed E-state index contributed by atoms with van der Waals surface area (Å²) in [5.74, 6) is 0.901. The van der Waals surface area contributed by atoms with Gasteiger partial charge in [0.2, 0.25) is 0 Å². The number of nitrogens with one attached hydrogen (secondary N) is 1. The summed E-state index contributed by atoms with van der Waals surface area (Å²) in [5.41, 5.74) is 2.39. The van der Waals surface area contributed by atoms with Gasteiger partial charge in [0.1, 0.15) is 0 Å². The Bertz CT molecular complexity index is 360. The first-order valence-electron chi connectivity index (χ1n) is 6.74. The molecule has 3 rings (SSSR count). The van der Waals surface area contributed by atoms with Gasteiger partial charge in [-0.3, -0.25) is 4.98 Å². The minimum Gasteiger partial charge on any atom is -0.370 e. The fourth-order valence-electron chi connectivity index (χ4n) is 3.14. The summed E-state index contributed by atoms with van der Waals surface area (Å²) in [6.45, 7) is 5.62. The zero-order valence-corrected chi connectivity index (χ0v) is 10.5. The number of anilines is 1. The van der Waals surface area contributed by atoms with Gasteiger partial charge in [-0.1, -0.05) is 0 Å². The molecule has 2 atom stereocenters. The molecule has 17 heavy (non-hydrogen) atoms. The van der Waals surface area contributed by atoms with Crippen LogP contribution in [0.3, 0.4) is 0 Å². The highest BCUT2D eigenvalue weighted by Gasteiger charge is 2.29. The Morgan fingerprint density at radius 1 is 1.24 bits per heavy atom. The lowest BCUT2D eigenvalue weighted by molar-refractivity contribution is 0.436. The van der Waals surface area contributed by atoms with Gasteiger partial charge in [0.05, 0.1) is 11.9 Å². The molecule has 2 aliphatic heterocycles. The molecule has 1 aromatic rings. The SMILES string of the molecule is Cc1ccc(N2CC[C@@H]3CCN[C@@H]3CC2)cn1. The zero-order chi connectivity index (χ0) is 11.7. The summed E-state index contributed by atoms with van der Waals surface area (Å²) >= 11 is 0. The van der Waals surface area contributed by atoms with Crippen LogP contribution >= 0.6 is 0 Å². The molecule has 0 aliphatic carbocycles. The second-order valence-electron chi connectivity index (χ2n) is 5.33. The lowest BCUT2D eigenvalue weighted by Gasteiger charge is -2.22. The highest BCUT2D eigenvalue weighted by Crippen LogP contribution is 2.27. The molecule has 0 unspecified atom stereocenters. The molecule has 0 bridgehead atoms. The number of aryl methyl sites for hydroxylation is 1. The van der Waals surface area contributed by atoms with Crippen LogP contribution in [0, 0.1) is 12.8 Å². The molecule has 0 saturated carbocycles.